The van der Waals surface area contributed by atoms with E-state index in [1.807, 2.05) is 6.07 Å². The van der Waals surface area contributed by atoms with E-state index in [1.54, 1.807) is 13.8 Å². The van der Waals surface area contributed by atoms with Gasteiger partial charge in [0.2, 0.25) is 0 Å². The number of anilines is 1. The number of aryl methyl sites for hydroxylation is 1. The van der Waals surface area contributed by atoms with E-state index < -0.39 is 6.10 Å². The Morgan fingerprint density at radius 3 is 2.53 bits per heavy atom. The third kappa shape index (κ3) is 3.08. The molecule has 0 aliphatic carbocycles. The molecule has 1 aliphatic heterocycles. The van der Waals surface area contributed by atoms with Crippen molar-refractivity contribution in [1.29, 1.82) is 0 Å². The van der Waals surface area contributed by atoms with Crippen LogP contribution >= 0.6 is 0 Å². The largest absolute Gasteiger partial charge is 0.389 e. The van der Waals surface area contributed by atoms with Gasteiger partial charge in [0.1, 0.15) is 5.82 Å². The zero-order valence-corrected chi connectivity index (χ0v) is 12.1. The first-order valence-electron chi connectivity index (χ1n) is 7.26. The van der Waals surface area contributed by atoms with Gasteiger partial charge in [-0.05, 0) is 50.3 Å². The molecule has 1 aromatic rings. The summed E-state index contributed by atoms with van der Waals surface area (Å²) in [4.78, 5) is 2.29. The molecule has 0 amide bonds. The van der Waals surface area contributed by atoms with E-state index in [1.165, 1.54) is 25.3 Å². The number of piperidine rings is 1. The second kappa shape index (κ2) is 5.91. The van der Waals surface area contributed by atoms with Crippen LogP contribution in [0.1, 0.15) is 50.3 Å². The van der Waals surface area contributed by atoms with Crippen molar-refractivity contribution in [3.63, 3.8) is 0 Å². The minimum atomic E-state index is -0.631. The molecule has 1 N–H and O–H groups in total. The summed E-state index contributed by atoms with van der Waals surface area (Å²) in [5.41, 5.74) is 2.36. The highest BCUT2D eigenvalue weighted by molar-refractivity contribution is 5.57. The van der Waals surface area contributed by atoms with Gasteiger partial charge in [-0.3, -0.25) is 0 Å². The van der Waals surface area contributed by atoms with Crippen LogP contribution in [0.15, 0.2) is 12.1 Å². The van der Waals surface area contributed by atoms with Gasteiger partial charge in [-0.25, -0.2) is 4.39 Å². The van der Waals surface area contributed by atoms with Crippen molar-refractivity contribution >= 4 is 5.69 Å². The summed E-state index contributed by atoms with van der Waals surface area (Å²) in [6.07, 6.45) is 2.98. The molecule has 0 aromatic heterocycles. The van der Waals surface area contributed by atoms with Crippen molar-refractivity contribution < 1.29 is 9.50 Å². The SMILES string of the molecule is CCC1CCN(c2cc(C)c(F)cc2C(C)O)CC1. The molecular formula is C16H24FNO. The molecule has 1 atom stereocenters. The summed E-state index contributed by atoms with van der Waals surface area (Å²) >= 11 is 0. The highest BCUT2D eigenvalue weighted by atomic mass is 19.1. The quantitative estimate of drug-likeness (QED) is 0.898. The molecule has 2 rings (SSSR count). The molecule has 0 saturated carbocycles. The third-order valence-corrected chi connectivity index (χ3v) is 4.29. The Bertz CT molecular complexity index is 437. The fraction of sp³-hybridized carbons (Fsp3) is 0.625. The van der Waals surface area contributed by atoms with Gasteiger partial charge in [0.25, 0.3) is 0 Å². The first-order chi connectivity index (χ1) is 9.02. The van der Waals surface area contributed by atoms with Crippen LogP contribution in [-0.4, -0.2) is 18.2 Å². The zero-order valence-electron chi connectivity index (χ0n) is 12.1. The van der Waals surface area contributed by atoms with Crippen LogP contribution in [0.3, 0.4) is 0 Å². The summed E-state index contributed by atoms with van der Waals surface area (Å²) in [6.45, 7) is 7.73. The van der Waals surface area contributed by atoms with Crippen LogP contribution in [0, 0.1) is 18.7 Å². The summed E-state index contributed by atoms with van der Waals surface area (Å²) < 4.78 is 13.7. The monoisotopic (exact) mass is 265 g/mol. The van der Waals surface area contributed by atoms with Crippen molar-refractivity contribution in [3.05, 3.63) is 29.1 Å². The van der Waals surface area contributed by atoms with E-state index in [9.17, 15) is 9.50 Å². The molecule has 106 valence electrons. The first kappa shape index (κ1) is 14.3. The van der Waals surface area contributed by atoms with E-state index in [0.717, 1.165) is 24.7 Å². The fourth-order valence-corrected chi connectivity index (χ4v) is 2.87. The molecule has 1 aromatic carbocycles. The summed E-state index contributed by atoms with van der Waals surface area (Å²) in [7, 11) is 0. The Balaban J connectivity index is 2.26. The van der Waals surface area contributed by atoms with Crippen molar-refractivity contribution in [3.8, 4) is 0 Å². The van der Waals surface area contributed by atoms with E-state index >= 15 is 0 Å². The molecule has 2 nitrogen and oxygen atoms in total. The van der Waals surface area contributed by atoms with Crippen molar-refractivity contribution in [1.82, 2.24) is 0 Å². The van der Waals surface area contributed by atoms with Gasteiger partial charge in [-0.15, -0.1) is 0 Å². The van der Waals surface area contributed by atoms with Gasteiger partial charge in [0.15, 0.2) is 0 Å². The Labute approximate surface area is 115 Å². The molecule has 1 heterocycles. The van der Waals surface area contributed by atoms with Gasteiger partial charge < -0.3 is 10.0 Å². The van der Waals surface area contributed by atoms with Crippen LogP contribution in [0.25, 0.3) is 0 Å². The maximum absolute atomic E-state index is 13.7. The van der Waals surface area contributed by atoms with Crippen molar-refractivity contribution in [2.24, 2.45) is 5.92 Å². The Hall–Kier alpha value is -1.09. The number of aliphatic hydroxyl groups is 1. The second-order valence-corrected chi connectivity index (χ2v) is 5.67. The average Bonchev–Trinajstić information content (AvgIpc) is 2.41. The van der Waals surface area contributed by atoms with E-state index in [2.05, 4.69) is 11.8 Å². The van der Waals surface area contributed by atoms with Crippen LogP contribution in [0.2, 0.25) is 0 Å². The molecule has 0 spiro atoms. The van der Waals surface area contributed by atoms with Gasteiger partial charge >= 0.3 is 0 Å². The standard InChI is InChI=1S/C16H24FNO/c1-4-13-5-7-18(8-6-13)16-9-11(2)15(17)10-14(16)12(3)19/h9-10,12-13,19H,4-8H2,1-3H3. The normalized spacial score (nSPS) is 18.7. The minimum absolute atomic E-state index is 0.233. The third-order valence-electron chi connectivity index (χ3n) is 4.29. The number of rotatable bonds is 3. The lowest BCUT2D eigenvalue weighted by Gasteiger charge is -2.35. The molecular weight excluding hydrogens is 241 g/mol. The maximum Gasteiger partial charge on any atom is 0.126 e. The fourth-order valence-electron chi connectivity index (χ4n) is 2.87. The lowest BCUT2D eigenvalue weighted by atomic mass is 9.93. The van der Waals surface area contributed by atoms with E-state index in [-0.39, 0.29) is 5.82 Å². The van der Waals surface area contributed by atoms with Crippen molar-refractivity contribution in [2.45, 2.75) is 46.1 Å². The number of benzene rings is 1. The van der Waals surface area contributed by atoms with Crippen LogP contribution < -0.4 is 4.90 Å². The maximum atomic E-state index is 13.7. The van der Waals surface area contributed by atoms with Gasteiger partial charge in [0.05, 0.1) is 6.10 Å². The molecule has 1 aliphatic rings. The Morgan fingerprint density at radius 1 is 1.37 bits per heavy atom. The Kier molecular flexibility index (Phi) is 4.46. The predicted molar refractivity (Wildman–Crippen MR) is 77.0 cm³/mol. The van der Waals surface area contributed by atoms with Crippen LogP contribution in [0.4, 0.5) is 10.1 Å². The van der Waals surface area contributed by atoms with Crippen LogP contribution in [-0.2, 0) is 0 Å². The van der Waals surface area contributed by atoms with Gasteiger partial charge in [-0.1, -0.05) is 13.3 Å². The highest BCUT2D eigenvalue weighted by Crippen LogP contribution is 2.32. The van der Waals surface area contributed by atoms with Crippen molar-refractivity contribution in [2.75, 3.05) is 18.0 Å². The number of hydrogen-bond donors (Lipinski definition) is 1. The average molecular weight is 265 g/mol. The molecule has 1 saturated heterocycles. The van der Waals surface area contributed by atoms with E-state index in [0.29, 0.717) is 11.1 Å². The number of aliphatic hydroxyl groups excluding tert-OH is 1. The van der Waals surface area contributed by atoms with E-state index in [4.69, 9.17) is 0 Å². The first-order valence-corrected chi connectivity index (χ1v) is 7.26. The molecule has 1 fully saturated rings. The Morgan fingerprint density at radius 2 is 2.00 bits per heavy atom. The molecule has 0 radical (unpaired) electrons. The lowest BCUT2D eigenvalue weighted by Crippen LogP contribution is -2.34. The summed E-state index contributed by atoms with van der Waals surface area (Å²) in [6, 6.07) is 3.37. The van der Waals surface area contributed by atoms with Crippen LogP contribution in [0.5, 0.6) is 0 Å². The molecule has 3 heteroatoms. The number of nitrogens with zero attached hydrogens (tertiary/aromatic N) is 1. The summed E-state index contributed by atoms with van der Waals surface area (Å²) in [5.74, 6) is 0.580. The van der Waals surface area contributed by atoms with Gasteiger partial charge in [-0.2, -0.15) is 0 Å². The predicted octanol–water partition coefficient (Wildman–Crippen LogP) is 3.81. The second-order valence-electron chi connectivity index (χ2n) is 5.67. The highest BCUT2D eigenvalue weighted by Gasteiger charge is 2.22. The topological polar surface area (TPSA) is 23.5 Å². The summed E-state index contributed by atoms with van der Waals surface area (Å²) in [5, 5.41) is 9.86. The molecule has 1 unspecified atom stereocenters. The zero-order chi connectivity index (χ0) is 14.0. The number of halogens is 1. The number of hydrogen-bond acceptors (Lipinski definition) is 2. The smallest absolute Gasteiger partial charge is 0.126 e. The molecule has 0 bridgehead atoms. The molecule has 19 heavy (non-hydrogen) atoms. The minimum Gasteiger partial charge on any atom is -0.389 e. The lowest BCUT2D eigenvalue weighted by molar-refractivity contribution is 0.199. The van der Waals surface area contributed by atoms with Gasteiger partial charge in [0, 0.05) is 24.3 Å².